The second kappa shape index (κ2) is 3.97. The fraction of sp³-hybridized carbons (Fsp3) is 0.286. The molecule has 0 aliphatic carbocycles. The molecule has 0 fully saturated rings. The summed E-state index contributed by atoms with van der Waals surface area (Å²) in [6, 6.07) is 0. The predicted molar refractivity (Wildman–Crippen MR) is 58.7 cm³/mol. The number of allylic oxidation sites excluding steroid dienone is 3. The van der Waals surface area contributed by atoms with Crippen molar-refractivity contribution in [3.63, 3.8) is 0 Å². The van der Waals surface area contributed by atoms with Crippen molar-refractivity contribution in [1.29, 1.82) is 0 Å². The second-order valence-corrected chi connectivity index (χ2v) is 5.60. The molecular weight excluding hydrogens is 287 g/mol. The normalized spacial score (nSPS) is 17.8. The quantitative estimate of drug-likeness (QED) is 0.321. The zero-order chi connectivity index (χ0) is 10.0. The smallest absolute Gasteiger partial charge is 0.279 e. The van der Waals surface area contributed by atoms with Gasteiger partial charge in [-0.3, -0.25) is 10.1 Å². The molecule has 0 aromatic rings. The maximum absolute atomic E-state index is 11.1. The summed E-state index contributed by atoms with van der Waals surface area (Å²) in [7, 11) is 0. The van der Waals surface area contributed by atoms with E-state index in [-0.39, 0.29) is 5.70 Å². The fourth-order valence-corrected chi connectivity index (χ4v) is 2.78. The zero-order valence-corrected chi connectivity index (χ0v) is 9.31. The Bertz CT molecular complexity index is 333. The summed E-state index contributed by atoms with van der Waals surface area (Å²) in [5.74, 6) is 0. The third-order valence-electron chi connectivity index (χ3n) is 1.43. The molecule has 0 spiro atoms. The number of nitro groups is 1. The minimum absolute atomic E-state index is 0.0694. The Balaban J connectivity index is 3.14. The molecule has 1 rings (SSSR count). The maximum atomic E-state index is 11.1. The van der Waals surface area contributed by atoms with E-state index in [1.165, 1.54) is 12.3 Å². The highest BCUT2D eigenvalue weighted by atomic mass is 127. The average Bonchev–Trinajstić information content (AvgIpc) is 2.09. The third-order valence-corrected chi connectivity index (χ3v) is 3.46. The molecule has 0 atom stereocenters. The van der Waals surface area contributed by atoms with Crippen LogP contribution in [-0.2, 0) is 0 Å². The van der Waals surface area contributed by atoms with Crippen LogP contribution >= 0.6 is 21.0 Å². The van der Waals surface area contributed by atoms with Crippen molar-refractivity contribution in [2.24, 2.45) is 0 Å². The molecule has 1 heterocycles. The van der Waals surface area contributed by atoms with Gasteiger partial charge in [0.1, 0.15) is 0 Å². The van der Waals surface area contributed by atoms with E-state index in [1.807, 2.05) is 0 Å². The lowest BCUT2D eigenvalue weighted by Crippen LogP contribution is -2.06. The van der Waals surface area contributed by atoms with Crippen molar-refractivity contribution in [3.05, 3.63) is 38.9 Å². The van der Waals surface area contributed by atoms with Crippen molar-refractivity contribution in [2.45, 2.75) is 13.8 Å². The summed E-state index contributed by atoms with van der Waals surface area (Å²) in [6.07, 6.45) is 2.83. The van der Waals surface area contributed by atoms with Gasteiger partial charge in [0.2, 0.25) is 0 Å². The van der Waals surface area contributed by atoms with Crippen LogP contribution in [0.5, 0.6) is 0 Å². The van der Waals surface area contributed by atoms with Gasteiger partial charge in [-0.05, 0) is 40.4 Å². The van der Waals surface area contributed by atoms with Gasteiger partial charge < -0.3 is 8.48 Å². The second-order valence-electron chi connectivity index (χ2n) is 2.55. The van der Waals surface area contributed by atoms with Crippen LogP contribution in [0.25, 0.3) is 0 Å². The summed E-state index contributed by atoms with van der Waals surface area (Å²) in [4.78, 5) is 10.1. The zero-order valence-electron chi connectivity index (χ0n) is 7.15. The monoisotopic (exact) mass is 295 g/mol. The largest absolute Gasteiger partial charge is 0.750 e. The molecule has 0 bridgehead atoms. The first-order valence-electron chi connectivity index (χ1n) is 3.50. The number of rotatable bonds is 1. The SMILES string of the molecule is CC1=CN([O-])I=C(C)C([N+](=O)[O-])=C1. The van der Waals surface area contributed by atoms with E-state index in [4.69, 9.17) is 0 Å². The number of nitrogens with zero attached hydrogens (tertiary/aromatic N) is 2. The Labute approximate surface area is 85.6 Å². The van der Waals surface area contributed by atoms with Gasteiger partial charge in [-0.15, -0.1) is 0 Å². The van der Waals surface area contributed by atoms with Crippen molar-refractivity contribution in [1.82, 2.24) is 3.28 Å². The summed E-state index contributed by atoms with van der Waals surface area (Å²) in [5.41, 5.74) is 0.693. The Kier molecular flexibility index (Phi) is 3.15. The van der Waals surface area contributed by atoms with Crippen molar-refractivity contribution in [2.75, 3.05) is 0 Å². The van der Waals surface area contributed by atoms with Crippen molar-refractivity contribution < 1.29 is 4.92 Å². The molecule has 1 aliphatic rings. The van der Waals surface area contributed by atoms with Gasteiger partial charge in [-0.1, -0.05) is 0 Å². The molecule has 0 radical (unpaired) electrons. The minimum atomic E-state index is -0.931. The van der Waals surface area contributed by atoms with Crippen molar-refractivity contribution in [3.8, 4) is 0 Å². The van der Waals surface area contributed by atoms with Gasteiger partial charge in [0.25, 0.3) is 5.70 Å². The van der Waals surface area contributed by atoms with E-state index in [0.717, 1.165) is 3.28 Å². The molecule has 0 N–H and O–H groups in total. The van der Waals surface area contributed by atoms with Gasteiger partial charge in [-0.25, -0.2) is 0 Å². The van der Waals surface area contributed by atoms with Gasteiger partial charge in [0, 0.05) is 12.3 Å². The van der Waals surface area contributed by atoms with Gasteiger partial charge in [0.15, 0.2) is 0 Å². The van der Waals surface area contributed by atoms with Gasteiger partial charge >= 0.3 is 0 Å². The topological polar surface area (TPSA) is 69.4 Å². The highest BCUT2D eigenvalue weighted by Gasteiger charge is 2.15. The molecule has 0 aromatic heterocycles. The van der Waals surface area contributed by atoms with Crippen LogP contribution < -0.4 is 0 Å². The highest BCUT2D eigenvalue weighted by Crippen LogP contribution is 2.20. The Morgan fingerprint density at radius 1 is 1.54 bits per heavy atom. The van der Waals surface area contributed by atoms with E-state index in [2.05, 4.69) is 0 Å². The molecule has 6 heteroatoms. The lowest BCUT2D eigenvalue weighted by molar-refractivity contribution is -0.414. The molecule has 0 saturated heterocycles. The number of hydroxylamine groups is 1. The van der Waals surface area contributed by atoms with E-state index in [9.17, 15) is 15.3 Å². The molecule has 72 valence electrons. The first-order valence-corrected chi connectivity index (χ1v) is 5.55. The summed E-state index contributed by atoms with van der Waals surface area (Å²) < 4.78 is 1.39. The van der Waals surface area contributed by atoms with E-state index >= 15 is 0 Å². The molecule has 13 heavy (non-hydrogen) atoms. The summed E-state index contributed by atoms with van der Waals surface area (Å²) in [5, 5.41) is 21.6. The molecule has 5 nitrogen and oxygen atoms in total. The van der Waals surface area contributed by atoms with E-state index < -0.39 is 25.9 Å². The first kappa shape index (κ1) is 10.3. The van der Waals surface area contributed by atoms with E-state index in [0.29, 0.717) is 9.08 Å². The Morgan fingerprint density at radius 3 is 2.69 bits per heavy atom. The predicted octanol–water partition coefficient (Wildman–Crippen LogP) is 1.94. The van der Waals surface area contributed by atoms with Crippen LogP contribution in [0, 0.1) is 15.3 Å². The molecule has 0 saturated carbocycles. The molecule has 1 aliphatic heterocycles. The van der Waals surface area contributed by atoms with Crippen LogP contribution in [0.3, 0.4) is 0 Å². The Hall–Kier alpha value is -0.760. The van der Waals surface area contributed by atoms with Gasteiger partial charge in [0.05, 0.1) is 8.43 Å². The number of hydrogen-bond donors (Lipinski definition) is 0. The summed E-state index contributed by atoms with van der Waals surface area (Å²) >= 11 is -0.931. The fourth-order valence-electron chi connectivity index (χ4n) is 0.884. The molecular formula is C7H8IN2O3-. The summed E-state index contributed by atoms with van der Waals surface area (Å²) in [6.45, 7) is 3.32. The van der Waals surface area contributed by atoms with Crippen LogP contribution in [-0.4, -0.2) is 11.7 Å². The van der Waals surface area contributed by atoms with Crippen LogP contribution in [0.1, 0.15) is 13.8 Å². The maximum Gasteiger partial charge on any atom is 0.279 e. The van der Waals surface area contributed by atoms with Crippen LogP contribution in [0.4, 0.5) is 0 Å². The lowest BCUT2D eigenvalue weighted by atomic mass is 10.2. The molecule has 0 amide bonds. The highest BCUT2D eigenvalue weighted by molar-refractivity contribution is 14.2. The Morgan fingerprint density at radius 2 is 2.15 bits per heavy atom. The molecule has 0 aromatic carbocycles. The lowest BCUT2D eigenvalue weighted by Gasteiger charge is -2.19. The van der Waals surface area contributed by atoms with Crippen LogP contribution in [0.2, 0.25) is 0 Å². The van der Waals surface area contributed by atoms with Gasteiger partial charge in [-0.2, -0.15) is 0 Å². The molecule has 0 unspecified atom stereocenters. The number of hydrogen-bond acceptors (Lipinski definition) is 4. The standard InChI is InChI=1S/C7H8IN2O3/c1-5-3-7(10(12)13)6(2)8-9(11)4-5/h3-4H,1-2H3/q-1. The average molecular weight is 295 g/mol. The van der Waals surface area contributed by atoms with Crippen LogP contribution in [0.15, 0.2) is 23.5 Å². The minimum Gasteiger partial charge on any atom is -0.750 e. The number of halogens is 1. The first-order chi connectivity index (χ1) is 6.00. The van der Waals surface area contributed by atoms with E-state index in [1.54, 1.807) is 13.8 Å². The van der Waals surface area contributed by atoms with Crippen molar-refractivity contribution >= 4 is 24.5 Å². The third kappa shape index (κ3) is 2.59.